The molecule has 2 nitrogen and oxygen atoms in total. The molecule has 0 spiro atoms. The molecule has 7 aromatic rings. The third kappa shape index (κ3) is 2.79. The molecule has 0 unspecified atom stereocenters. The largest absolute Gasteiger partial charge is 0.456 e. The molecule has 1 aliphatic heterocycles. The standard InChI is InChI=1S/C34H20O2/c1-2-11-29-27(8-1)34-25(9-5-13-32(34)35-29)22-16-14-21(15-17-22)24-18-19-30-28(20-24)26-10-3-6-23-7-4-12-31(36-30)33(23)26/h1-20H. The predicted molar refractivity (Wildman–Crippen MR) is 148 cm³/mol. The summed E-state index contributed by atoms with van der Waals surface area (Å²) in [5, 5.41) is 4.70. The minimum atomic E-state index is 0.903. The fourth-order valence-corrected chi connectivity index (χ4v) is 5.60. The maximum Gasteiger partial charge on any atom is 0.136 e. The molecule has 0 fully saturated rings. The van der Waals surface area contributed by atoms with Gasteiger partial charge in [-0.3, -0.25) is 0 Å². The summed E-state index contributed by atoms with van der Waals surface area (Å²) < 4.78 is 12.4. The molecule has 6 aromatic carbocycles. The normalized spacial score (nSPS) is 12.1. The molecule has 2 heteroatoms. The lowest BCUT2D eigenvalue weighted by atomic mass is 9.91. The number of ether oxygens (including phenoxy) is 1. The van der Waals surface area contributed by atoms with E-state index in [1.165, 1.54) is 44.0 Å². The summed E-state index contributed by atoms with van der Waals surface area (Å²) in [5.41, 5.74) is 8.91. The summed E-state index contributed by atoms with van der Waals surface area (Å²) in [6, 6.07) is 42.5. The fourth-order valence-electron chi connectivity index (χ4n) is 5.60. The summed E-state index contributed by atoms with van der Waals surface area (Å²) in [5.74, 6) is 1.83. The predicted octanol–water partition coefficient (Wildman–Crippen LogP) is 9.85. The van der Waals surface area contributed by atoms with Gasteiger partial charge in [-0.05, 0) is 63.5 Å². The van der Waals surface area contributed by atoms with Crippen LogP contribution in [0.15, 0.2) is 126 Å². The zero-order valence-corrected chi connectivity index (χ0v) is 19.4. The third-order valence-corrected chi connectivity index (χ3v) is 7.29. The summed E-state index contributed by atoms with van der Waals surface area (Å²) in [7, 11) is 0. The minimum absolute atomic E-state index is 0.903. The van der Waals surface area contributed by atoms with Crippen molar-refractivity contribution in [2.24, 2.45) is 0 Å². The Kier molecular flexibility index (Phi) is 3.97. The molecule has 1 aliphatic rings. The first-order valence-corrected chi connectivity index (χ1v) is 12.2. The topological polar surface area (TPSA) is 22.4 Å². The molecule has 1 aromatic heterocycles. The van der Waals surface area contributed by atoms with Crippen molar-refractivity contribution in [3.63, 3.8) is 0 Å². The van der Waals surface area contributed by atoms with Crippen LogP contribution in [0, 0.1) is 0 Å². The molecule has 0 saturated heterocycles. The van der Waals surface area contributed by atoms with E-state index in [0.717, 1.165) is 33.6 Å². The van der Waals surface area contributed by atoms with Gasteiger partial charge >= 0.3 is 0 Å². The lowest BCUT2D eigenvalue weighted by Gasteiger charge is -2.22. The quantitative estimate of drug-likeness (QED) is 0.256. The Balaban J connectivity index is 1.23. The van der Waals surface area contributed by atoms with E-state index >= 15 is 0 Å². The Bertz CT molecular complexity index is 1950. The van der Waals surface area contributed by atoms with Gasteiger partial charge in [-0.2, -0.15) is 0 Å². The van der Waals surface area contributed by atoms with E-state index in [4.69, 9.17) is 9.15 Å². The molecule has 168 valence electrons. The number of furan rings is 1. The van der Waals surface area contributed by atoms with E-state index < -0.39 is 0 Å². The molecule has 0 radical (unpaired) electrons. The smallest absolute Gasteiger partial charge is 0.136 e. The third-order valence-electron chi connectivity index (χ3n) is 7.29. The van der Waals surface area contributed by atoms with Gasteiger partial charge in [0, 0.05) is 21.7 Å². The van der Waals surface area contributed by atoms with Crippen LogP contribution < -0.4 is 4.74 Å². The molecule has 0 bridgehead atoms. The monoisotopic (exact) mass is 460 g/mol. The highest BCUT2D eigenvalue weighted by Gasteiger charge is 2.20. The molecule has 0 aliphatic carbocycles. The number of fused-ring (bicyclic) bond motifs is 5. The van der Waals surface area contributed by atoms with E-state index in [0.29, 0.717) is 0 Å². The van der Waals surface area contributed by atoms with Gasteiger partial charge in [-0.1, -0.05) is 91.0 Å². The van der Waals surface area contributed by atoms with Gasteiger partial charge in [-0.15, -0.1) is 0 Å². The summed E-state index contributed by atoms with van der Waals surface area (Å²) in [6.07, 6.45) is 0. The second kappa shape index (κ2) is 7.34. The van der Waals surface area contributed by atoms with Crippen molar-refractivity contribution in [1.29, 1.82) is 0 Å². The molecule has 0 atom stereocenters. The Morgan fingerprint density at radius 1 is 0.417 bits per heavy atom. The highest BCUT2D eigenvalue weighted by atomic mass is 16.5. The van der Waals surface area contributed by atoms with Crippen molar-refractivity contribution >= 4 is 32.7 Å². The summed E-state index contributed by atoms with van der Waals surface area (Å²) in [4.78, 5) is 0. The van der Waals surface area contributed by atoms with Crippen molar-refractivity contribution in [2.75, 3.05) is 0 Å². The van der Waals surface area contributed by atoms with Gasteiger partial charge in [0.25, 0.3) is 0 Å². The van der Waals surface area contributed by atoms with Crippen LogP contribution in [0.3, 0.4) is 0 Å². The van der Waals surface area contributed by atoms with Crippen molar-refractivity contribution in [3.05, 3.63) is 121 Å². The highest BCUT2D eigenvalue weighted by molar-refractivity contribution is 6.12. The fraction of sp³-hybridized carbons (Fsp3) is 0. The zero-order valence-electron chi connectivity index (χ0n) is 19.4. The maximum atomic E-state index is 6.28. The molecular formula is C34H20O2. The minimum Gasteiger partial charge on any atom is -0.456 e. The molecule has 2 heterocycles. The van der Waals surface area contributed by atoms with Crippen LogP contribution in [-0.2, 0) is 0 Å². The number of para-hydroxylation sites is 1. The first kappa shape index (κ1) is 19.5. The van der Waals surface area contributed by atoms with Gasteiger partial charge in [0.05, 0.1) is 0 Å². The van der Waals surface area contributed by atoms with Crippen LogP contribution in [0.4, 0.5) is 0 Å². The van der Waals surface area contributed by atoms with Crippen molar-refractivity contribution < 1.29 is 9.15 Å². The Morgan fingerprint density at radius 3 is 2.06 bits per heavy atom. The second-order valence-electron chi connectivity index (χ2n) is 9.33. The van der Waals surface area contributed by atoms with Crippen LogP contribution in [0.1, 0.15) is 0 Å². The van der Waals surface area contributed by atoms with E-state index in [-0.39, 0.29) is 0 Å². The van der Waals surface area contributed by atoms with Crippen molar-refractivity contribution in [3.8, 4) is 44.9 Å². The zero-order chi connectivity index (χ0) is 23.6. The first-order chi connectivity index (χ1) is 17.8. The number of benzene rings is 6. The van der Waals surface area contributed by atoms with Crippen molar-refractivity contribution in [1.82, 2.24) is 0 Å². The average molecular weight is 461 g/mol. The average Bonchev–Trinajstić information content (AvgIpc) is 3.32. The lowest BCUT2D eigenvalue weighted by molar-refractivity contribution is 0.487. The van der Waals surface area contributed by atoms with Crippen LogP contribution in [0.2, 0.25) is 0 Å². The van der Waals surface area contributed by atoms with E-state index in [2.05, 4.69) is 97.1 Å². The van der Waals surface area contributed by atoms with Gasteiger partial charge in [-0.25, -0.2) is 0 Å². The Morgan fingerprint density at radius 2 is 1.14 bits per heavy atom. The summed E-state index contributed by atoms with van der Waals surface area (Å²) >= 11 is 0. The number of rotatable bonds is 2. The van der Waals surface area contributed by atoms with Gasteiger partial charge in [0.1, 0.15) is 22.7 Å². The van der Waals surface area contributed by atoms with Crippen LogP contribution in [-0.4, -0.2) is 0 Å². The van der Waals surface area contributed by atoms with E-state index in [9.17, 15) is 0 Å². The molecule has 8 rings (SSSR count). The lowest BCUT2D eigenvalue weighted by Crippen LogP contribution is -1.97. The van der Waals surface area contributed by atoms with Crippen LogP contribution >= 0.6 is 0 Å². The molecule has 0 amide bonds. The number of hydrogen-bond donors (Lipinski definition) is 0. The van der Waals surface area contributed by atoms with E-state index in [1.807, 2.05) is 24.3 Å². The SMILES string of the molecule is c1cc2c3c(cccc3c1)-c1cc(-c3ccc(-c4cccc5oc6ccccc6c45)cc3)ccc1O2. The Hall–Kier alpha value is -4.82. The summed E-state index contributed by atoms with van der Waals surface area (Å²) in [6.45, 7) is 0. The van der Waals surface area contributed by atoms with Crippen LogP contribution in [0.25, 0.3) is 66.1 Å². The highest BCUT2D eigenvalue weighted by Crippen LogP contribution is 2.47. The van der Waals surface area contributed by atoms with E-state index in [1.54, 1.807) is 0 Å². The van der Waals surface area contributed by atoms with Gasteiger partial charge in [0.15, 0.2) is 0 Å². The van der Waals surface area contributed by atoms with Crippen molar-refractivity contribution in [2.45, 2.75) is 0 Å². The number of hydrogen-bond acceptors (Lipinski definition) is 2. The van der Waals surface area contributed by atoms with Crippen LogP contribution in [0.5, 0.6) is 11.5 Å². The molecule has 36 heavy (non-hydrogen) atoms. The molecule has 0 saturated carbocycles. The molecular weight excluding hydrogens is 440 g/mol. The second-order valence-corrected chi connectivity index (χ2v) is 9.33. The first-order valence-electron chi connectivity index (χ1n) is 12.2. The van der Waals surface area contributed by atoms with Gasteiger partial charge < -0.3 is 9.15 Å². The molecule has 0 N–H and O–H groups in total. The van der Waals surface area contributed by atoms with Gasteiger partial charge in [0.2, 0.25) is 0 Å². The Labute approximate surface area is 208 Å². The maximum absolute atomic E-state index is 6.28.